The van der Waals surface area contributed by atoms with Crippen molar-refractivity contribution in [1.29, 1.82) is 0 Å². The second-order valence-electron chi connectivity index (χ2n) is 7.32. The third-order valence-corrected chi connectivity index (χ3v) is 5.81. The Balaban J connectivity index is 1.67. The van der Waals surface area contributed by atoms with E-state index in [0.717, 1.165) is 23.5 Å². The van der Waals surface area contributed by atoms with Gasteiger partial charge >= 0.3 is 0 Å². The van der Waals surface area contributed by atoms with Gasteiger partial charge in [-0.05, 0) is 22.9 Å². The number of para-hydroxylation sites is 1. The minimum absolute atomic E-state index is 0.241. The van der Waals surface area contributed by atoms with Crippen LogP contribution in [0.5, 0.6) is 11.5 Å². The second-order valence-corrected chi connectivity index (χ2v) is 7.32. The molecule has 0 amide bonds. The van der Waals surface area contributed by atoms with Crippen LogP contribution in [0.1, 0.15) is 29.0 Å². The molecule has 2 atom stereocenters. The topological polar surface area (TPSA) is 18.5 Å². The first-order chi connectivity index (χ1) is 13.3. The van der Waals surface area contributed by atoms with Crippen molar-refractivity contribution in [2.75, 3.05) is 0 Å². The van der Waals surface area contributed by atoms with E-state index in [2.05, 4.69) is 66.7 Å². The molecule has 0 aromatic heterocycles. The van der Waals surface area contributed by atoms with Gasteiger partial charge < -0.3 is 9.47 Å². The Kier molecular flexibility index (Phi) is 2.96. The van der Waals surface area contributed by atoms with Crippen molar-refractivity contribution in [3.8, 4) is 11.5 Å². The van der Waals surface area contributed by atoms with E-state index in [0.29, 0.717) is 0 Å². The summed E-state index contributed by atoms with van der Waals surface area (Å²) in [4.78, 5) is 0. The highest BCUT2D eigenvalue weighted by Gasteiger charge is 2.49. The molecule has 2 heteroatoms. The van der Waals surface area contributed by atoms with E-state index in [-0.39, 0.29) is 5.92 Å². The van der Waals surface area contributed by atoms with Crippen molar-refractivity contribution in [2.24, 2.45) is 0 Å². The molecule has 27 heavy (non-hydrogen) atoms. The zero-order valence-electron chi connectivity index (χ0n) is 14.8. The highest BCUT2D eigenvalue weighted by molar-refractivity contribution is 5.89. The van der Waals surface area contributed by atoms with Crippen LogP contribution < -0.4 is 9.47 Å². The lowest BCUT2D eigenvalue weighted by Gasteiger charge is -2.46. The molecule has 0 fully saturated rings. The van der Waals surface area contributed by atoms with Gasteiger partial charge in [-0.25, -0.2) is 0 Å². The molecule has 2 aliphatic heterocycles. The molecule has 0 N–H and O–H groups in total. The average Bonchev–Trinajstić information content (AvgIpc) is 2.74. The fourth-order valence-electron chi connectivity index (χ4n) is 4.61. The number of hydrogen-bond acceptors (Lipinski definition) is 2. The molecule has 2 aliphatic rings. The maximum atomic E-state index is 6.62. The smallest absolute Gasteiger partial charge is 0.278 e. The number of hydrogen-bond donors (Lipinski definition) is 0. The second kappa shape index (κ2) is 5.37. The van der Waals surface area contributed by atoms with Gasteiger partial charge in [0.2, 0.25) is 0 Å². The van der Waals surface area contributed by atoms with Crippen molar-refractivity contribution < 1.29 is 9.47 Å². The molecule has 0 spiro atoms. The molecule has 2 heterocycles. The van der Waals surface area contributed by atoms with Crippen molar-refractivity contribution in [3.63, 3.8) is 0 Å². The van der Waals surface area contributed by atoms with Gasteiger partial charge in [-0.3, -0.25) is 0 Å². The third kappa shape index (κ3) is 2.07. The largest absolute Gasteiger partial charge is 0.448 e. The van der Waals surface area contributed by atoms with Crippen LogP contribution in [0, 0.1) is 0 Å². The lowest BCUT2D eigenvalue weighted by molar-refractivity contribution is -0.148. The van der Waals surface area contributed by atoms with Crippen LogP contribution in [-0.2, 0) is 5.79 Å². The molecule has 0 radical (unpaired) electrons. The summed E-state index contributed by atoms with van der Waals surface area (Å²) in [5.41, 5.74) is 3.57. The molecule has 4 aromatic rings. The molecule has 2 nitrogen and oxygen atoms in total. The van der Waals surface area contributed by atoms with Crippen LogP contribution in [0.3, 0.4) is 0 Å². The van der Waals surface area contributed by atoms with E-state index >= 15 is 0 Å². The maximum Gasteiger partial charge on any atom is 0.278 e. The Bertz CT molecular complexity index is 1170. The zero-order valence-corrected chi connectivity index (χ0v) is 14.8. The molecule has 0 unspecified atom stereocenters. The minimum Gasteiger partial charge on any atom is -0.448 e. The van der Waals surface area contributed by atoms with Gasteiger partial charge in [0.15, 0.2) is 0 Å². The Labute approximate surface area is 158 Å². The quantitative estimate of drug-likeness (QED) is 0.419. The predicted molar refractivity (Wildman–Crippen MR) is 106 cm³/mol. The lowest BCUT2D eigenvalue weighted by atomic mass is 9.77. The summed E-state index contributed by atoms with van der Waals surface area (Å²) in [6.45, 7) is 0. The molecule has 0 aliphatic carbocycles. The molecule has 0 saturated carbocycles. The fourth-order valence-corrected chi connectivity index (χ4v) is 4.61. The van der Waals surface area contributed by atoms with Gasteiger partial charge in [0, 0.05) is 29.0 Å². The highest BCUT2D eigenvalue weighted by atomic mass is 16.7. The summed E-state index contributed by atoms with van der Waals surface area (Å²) in [6.07, 6.45) is 0.773. The highest BCUT2D eigenvalue weighted by Crippen LogP contribution is 2.56. The van der Waals surface area contributed by atoms with Crippen LogP contribution in [0.15, 0.2) is 91.0 Å². The number of rotatable bonds is 1. The molecular weight excluding hydrogens is 332 g/mol. The Morgan fingerprint density at radius 3 is 2.33 bits per heavy atom. The van der Waals surface area contributed by atoms with Crippen LogP contribution in [0.25, 0.3) is 10.8 Å². The lowest BCUT2D eigenvalue weighted by Crippen LogP contribution is -2.46. The zero-order chi connectivity index (χ0) is 17.8. The van der Waals surface area contributed by atoms with Crippen molar-refractivity contribution >= 4 is 10.8 Å². The molecular formula is C25H18O2. The Morgan fingerprint density at radius 2 is 1.41 bits per heavy atom. The van der Waals surface area contributed by atoms with Gasteiger partial charge in [-0.1, -0.05) is 78.9 Å². The standard InChI is InChI=1S/C25H18O2/c1-2-9-18(10-3-1)25-16-21(20-12-6-7-13-22(20)26-25)24-19-11-5-4-8-17(19)14-15-23(24)27-25/h1-15,21H,16H2/t21-,25-/m1/s1. The first kappa shape index (κ1) is 14.9. The summed E-state index contributed by atoms with van der Waals surface area (Å²) in [6, 6.07) is 31.5. The average molecular weight is 350 g/mol. The summed E-state index contributed by atoms with van der Waals surface area (Å²) in [7, 11) is 0. The molecule has 6 rings (SSSR count). The van der Waals surface area contributed by atoms with E-state index in [9.17, 15) is 0 Å². The molecule has 2 bridgehead atoms. The number of fused-ring (bicyclic) bond motifs is 8. The maximum absolute atomic E-state index is 6.62. The van der Waals surface area contributed by atoms with E-state index in [4.69, 9.17) is 9.47 Å². The van der Waals surface area contributed by atoms with Crippen LogP contribution >= 0.6 is 0 Å². The first-order valence-corrected chi connectivity index (χ1v) is 9.38. The third-order valence-electron chi connectivity index (χ3n) is 5.81. The van der Waals surface area contributed by atoms with E-state index in [1.165, 1.54) is 21.9 Å². The van der Waals surface area contributed by atoms with Gasteiger partial charge in [0.05, 0.1) is 0 Å². The first-order valence-electron chi connectivity index (χ1n) is 9.38. The van der Waals surface area contributed by atoms with Gasteiger partial charge in [0.1, 0.15) is 11.5 Å². The molecule has 130 valence electrons. The van der Waals surface area contributed by atoms with Crippen molar-refractivity contribution in [3.05, 3.63) is 108 Å². The SMILES string of the molecule is c1ccc([C@]23C[C@H](c4ccccc4O2)c2c(ccc4ccccc24)O3)cc1. The van der Waals surface area contributed by atoms with Crippen LogP contribution in [0.2, 0.25) is 0 Å². The normalized spacial score (nSPS) is 22.3. The van der Waals surface area contributed by atoms with Crippen LogP contribution in [-0.4, -0.2) is 0 Å². The number of ether oxygens (including phenoxy) is 2. The molecule has 4 aromatic carbocycles. The van der Waals surface area contributed by atoms with Gasteiger partial charge in [-0.2, -0.15) is 0 Å². The Hall–Kier alpha value is -3.26. The monoisotopic (exact) mass is 350 g/mol. The van der Waals surface area contributed by atoms with E-state index in [1.807, 2.05) is 24.3 Å². The predicted octanol–water partition coefficient (Wildman–Crippen LogP) is 6.00. The minimum atomic E-state index is -0.782. The van der Waals surface area contributed by atoms with Gasteiger partial charge in [0.25, 0.3) is 5.79 Å². The van der Waals surface area contributed by atoms with Crippen molar-refractivity contribution in [1.82, 2.24) is 0 Å². The number of benzene rings is 4. The van der Waals surface area contributed by atoms with Crippen molar-refractivity contribution in [2.45, 2.75) is 18.1 Å². The van der Waals surface area contributed by atoms with E-state index in [1.54, 1.807) is 0 Å². The molecule has 0 saturated heterocycles. The van der Waals surface area contributed by atoms with Crippen LogP contribution in [0.4, 0.5) is 0 Å². The summed E-state index contributed by atoms with van der Waals surface area (Å²) in [5.74, 6) is 1.29. The van der Waals surface area contributed by atoms with Gasteiger partial charge in [-0.15, -0.1) is 0 Å². The summed E-state index contributed by atoms with van der Waals surface area (Å²) in [5, 5.41) is 2.51. The van der Waals surface area contributed by atoms with E-state index < -0.39 is 5.79 Å². The summed E-state index contributed by atoms with van der Waals surface area (Å²) < 4.78 is 13.1. The summed E-state index contributed by atoms with van der Waals surface area (Å²) >= 11 is 0. The fraction of sp³-hybridized carbons (Fsp3) is 0.120. The Morgan fingerprint density at radius 1 is 0.667 bits per heavy atom.